The number of nitrogens with one attached hydrogen (secondary N) is 2. The van der Waals surface area contributed by atoms with E-state index in [2.05, 4.69) is 15.5 Å². The zero-order chi connectivity index (χ0) is 18.1. The molecule has 1 aliphatic rings. The number of benzene rings is 1. The molecule has 1 aromatic carbocycles. The van der Waals surface area contributed by atoms with Crippen LogP contribution in [0.25, 0.3) is 0 Å². The Bertz CT molecular complexity index is 814. The molecule has 2 aromatic rings. The quantitative estimate of drug-likeness (QED) is 0.832. The molecule has 2 amide bonds. The first kappa shape index (κ1) is 17.0. The average Bonchev–Trinajstić information content (AvgIpc) is 3.21. The summed E-state index contributed by atoms with van der Waals surface area (Å²) in [5.74, 6) is -5.62. The summed E-state index contributed by atoms with van der Waals surface area (Å²) in [5, 5.41) is 8.77. The Hall–Kier alpha value is -2.84. The lowest BCUT2D eigenvalue weighted by Crippen LogP contribution is -2.32. The molecule has 1 fully saturated rings. The highest BCUT2D eigenvalue weighted by atomic mass is 19.2. The summed E-state index contributed by atoms with van der Waals surface area (Å²) in [4.78, 5) is 26.1. The van der Waals surface area contributed by atoms with E-state index < -0.39 is 29.3 Å². The molecule has 1 saturated heterocycles. The molecular weight excluding hydrogens is 337 g/mol. The van der Waals surface area contributed by atoms with E-state index >= 15 is 0 Å². The number of likely N-dealkylation sites (tertiary alicyclic amines) is 1. The Balaban J connectivity index is 1.65. The van der Waals surface area contributed by atoms with Gasteiger partial charge in [0, 0.05) is 30.9 Å². The lowest BCUT2D eigenvalue weighted by molar-refractivity contribution is -0.119. The highest BCUT2D eigenvalue weighted by Crippen LogP contribution is 2.22. The zero-order valence-corrected chi connectivity index (χ0v) is 13.3. The molecule has 0 spiro atoms. The first-order valence-electron chi connectivity index (χ1n) is 7.61. The van der Waals surface area contributed by atoms with Crippen molar-refractivity contribution in [3.05, 3.63) is 47.0 Å². The predicted molar refractivity (Wildman–Crippen MR) is 82.3 cm³/mol. The summed E-state index contributed by atoms with van der Waals surface area (Å²) in [5.41, 5.74) is 0.898. The van der Waals surface area contributed by atoms with Gasteiger partial charge in [0.2, 0.25) is 5.91 Å². The first-order chi connectivity index (χ1) is 11.9. The van der Waals surface area contributed by atoms with Crippen LogP contribution < -0.4 is 5.32 Å². The normalized spacial score (nSPS) is 17.0. The van der Waals surface area contributed by atoms with Crippen molar-refractivity contribution in [1.29, 1.82) is 0 Å². The molecule has 9 heteroatoms. The second-order valence-corrected chi connectivity index (χ2v) is 5.91. The second kappa shape index (κ2) is 6.58. The van der Waals surface area contributed by atoms with Crippen LogP contribution >= 0.6 is 0 Å². The van der Waals surface area contributed by atoms with E-state index in [-0.39, 0.29) is 18.1 Å². The van der Waals surface area contributed by atoms with Crippen LogP contribution in [0.3, 0.4) is 0 Å². The molecule has 0 saturated carbocycles. The van der Waals surface area contributed by atoms with Gasteiger partial charge in [0.25, 0.3) is 5.91 Å². The molecule has 2 N–H and O–H groups in total. The van der Waals surface area contributed by atoms with Crippen LogP contribution in [0.4, 0.5) is 18.9 Å². The maximum atomic E-state index is 13.2. The van der Waals surface area contributed by atoms with Crippen molar-refractivity contribution >= 4 is 17.5 Å². The van der Waals surface area contributed by atoms with Gasteiger partial charge in [0.05, 0.1) is 12.1 Å². The Labute approximate surface area is 141 Å². The number of aromatic nitrogens is 2. The number of amides is 2. The van der Waals surface area contributed by atoms with Crippen LogP contribution in [0.5, 0.6) is 0 Å². The number of nitrogens with zero attached hydrogens (tertiary/aromatic N) is 2. The second-order valence-electron chi connectivity index (χ2n) is 5.91. The maximum absolute atomic E-state index is 13.2. The highest BCUT2D eigenvalue weighted by molar-refractivity contribution is 5.96. The van der Waals surface area contributed by atoms with Crippen molar-refractivity contribution in [2.45, 2.75) is 13.3 Å². The summed E-state index contributed by atoms with van der Waals surface area (Å²) in [6.45, 7) is 2.30. The Morgan fingerprint density at radius 3 is 2.56 bits per heavy atom. The Kier molecular flexibility index (Phi) is 4.47. The highest BCUT2D eigenvalue weighted by Gasteiger charge is 2.32. The van der Waals surface area contributed by atoms with Crippen LogP contribution in [0.15, 0.2) is 18.3 Å². The molecule has 0 unspecified atom stereocenters. The summed E-state index contributed by atoms with van der Waals surface area (Å²) in [7, 11) is 0. The molecule has 0 radical (unpaired) electrons. The number of hydrogen-bond acceptors (Lipinski definition) is 3. The number of aryl methyl sites for hydroxylation is 1. The molecule has 1 atom stereocenters. The van der Waals surface area contributed by atoms with Gasteiger partial charge < -0.3 is 10.2 Å². The minimum absolute atomic E-state index is 0.171. The van der Waals surface area contributed by atoms with E-state index in [1.807, 2.05) is 0 Å². The average molecular weight is 352 g/mol. The van der Waals surface area contributed by atoms with Crippen molar-refractivity contribution in [1.82, 2.24) is 15.1 Å². The zero-order valence-electron chi connectivity index (χ0n) is 13.3. The van der Waals surface area contributed by atoms with Crippen LogP contribution in [0, 0.1) is 30.3 Å². The predicted octanol–water partition coefficient (Wildman–Crippen LogP) is 2.24. The van der Waals surface area contributed by atoms with Gasteiger partial charge in [-0.3, -0.25) is 14.7 Å². The fourth-order valence-corrected chi connectivity index (χ4v) is 2.75. The minimum atomic E-state index is -1.59. The molecule has 6 nitrogen and oxygen atoms in total. The van der Waals surface area contributed by atoms with Gasteiger partial charge in [-0.1, -0.05) is 0 Å². The lowest BCUT2D eigenvalue weighted by atomic mass is 10.1. The van der Waals surface area contributed by atoms with Crippen LogP contribution in [-0.2, 0) is 4.79 Å². The standard InChI is InChI=1S/C16H15F3N4O2/c1-8-6-20-22-14(8)16(25)23-3-2-9(7-23)15(24)21-10-4-11(17)13(19)12(18)5-10/h4-6,9H,2-3,7H2,1H3,(H,20,22)(H,21,24)/t9-/m0/s1. The summed E-state index contributed by atoms with van der Waals surface area (Å²) < 4.78 is 39.3. The molecule has 2 heterocycles. The number of carbonyl (C=O) groups is 2. The van der Waals surface area contributed by atoms with Gasteiger partial charge in [-0.2, -0.15) is 5.10 Å². The maximum Gasteiger partial charge on any atom is 0.272 e. The Morgan fingerprint density at radius 2 is 1.96 bits per heavy atom. The fourth-order valence-electron chi connectivity index (χ4n) is 2.75. The van der Waals surface area contributed by atoms with Crippen LogP contribution in [0.2, 0.25) is 0 Å². The van der Waals surface area contributed by atoms with Gasteiger partial charge in [0.1, 0.15) is 5.69 Å². The van der Waals surface area contributed by atoms with Crippen molar-refractivity contribution in [3.63, 3.8) is 0 Å². The number of hydrogen-bond donors (Lipinski definition) is 2. The van der Waals surface area contributed by atoms with E-state index in [1.54, 1.807) is 6.92 Å². The van der Waals surface area contributed by atoms with E-state index in [0.29, 0.717) is 36.4 Å². The number of aromatic amines is 1. The number of rotatable bonds is 3. The van der Waals surface area contributed by atoms with Crippen molar-refractivity contribution < 1.29 is 22.8 Å². The van der Waals surface area contributed by atoms with E-state index in [0.717, 1.165) is 0 Å². The number of halogens is 3. The molecule has 0 aliphatic carbocycles. The Morgan fingerprint density at radius 1 is 1.28 bits per heavy atom. The lowest BCUT2D eigenvalue weighted by Gasteiger charge is -2.16. The van der Waals surface area contributed by atoms with E-state index in [4.69, 9.17) is 0 Å². The van der Waals surface area contributed by atoms with Gasteiger partial charge in [-0.15, -0.1) is 0 Å². The van der Waals surface area contributed by atoms with Crippen molar-refractivity contribution in [3.8, 4) is 0 Å². The molecule has 0 bridgehead atoms. The summed E-state index contributed by atoms with van der Waals surface area (Å²) in [6, 6.07) is 1.42. The van der Waals surface area contributed by atoms with Crippen LogP contribution in [-0.4, -0.2) is 40.0 Å². The van der Waals surface area contributed by atoms with Crippen molar-refractivity contribution in [2.75, 3.05) is 18.4 Å². The SMILES string of the molecule is Cc1cn[nH]c1C(=O)N1CC[C@H](C(=O)Nc2cc(F)c(F)c(F)c2)C1. The molecule has 3 rings (SSSR count). The molecule has 132 valence electrons. The smallest absolute Gasteiger partial charge is 0.272 e. The van der Waals surface area contributed by atoms with E-state index in [9.17, 15) is 22.8 Å². The minimum Gasteiger partial charge on any atom is -0.336 e. The third kappa shape index (κ3) is 3.35. The summed E-state index contributed by atoms with van der Waals surface area (Å²) in [6.07, 6.45) is 1.95. The van der Waals surface area contributed by atoms with Gasteiger partial charge >= 0.3 is 0 Å². The molecule has 1 aliphatic heterocycles. The number of anilines is 1. The number of H-pyrrole nitrogens is 1. The van der Waals surface area contributed by atoms with Crippen molar-refractivity contribution in [2.24, 2.45) is 5.92 Å². The number of carbonyl (C=O) groups excluding carboxylic acids is 2. The van der Waals surface area contributed by atoms with Gasteiger partial charge in [0.15, 0.2) is 17.5 Å². The molecule has 1 aromatic heterocycles. The third-order valence-corrected chi connectivity index (χ3v) is 4.14. The first-order valence-corrected chi connectivity index (χ1v) is 7.61. The molecular formula is C16H15F3N4O2. The van der Waals surface area contributed by atoms with Gasteiger partial charge in [-0.25, -0.2) is 13.2 Å². The monoisotopic (exact) mass is 352 g/mol. The third-order valence-electron chi connectivity index (χ3n) is 4.14. The van der Waals surface area contributed by atoms with Gasteiger partial charge in [-0.05, 0) is 18.9 Å². The fraction of sp³-hybridized carbons (Fsp3) is 0.312. The van der Waals surface area contributed by atoms with Crippen LogP contribution in [0.1, 0.15) is 22.5 Å². The van der Waals surface area contributed by atoms with E-state index in [1.165, 1.54) is 11.1 Å². The molecule has 25 heavy (non-hydrogen) atoms. The largest absolute Gasteiger partial charge is 0.336 e. The topological polar surface area (TPSA) is 78.1 Å². The summed E-state index contributed by atoms with van der Waals surface area (Å²) >= 11 is 0.